The number of allylic oxidation sites excluding steroid dienone is 8. The second kappa shape index (κ2) is 11.3. The Morgan fingerprint density at radius 2 is 0.978 bits per heavy atom. The van der Waals surface area contributed by atoms with Gasteiger partial charge in [-0.1, -0.05) is 0 Å². The number of nitrogens with zero attached hydrogens (tertiary/aromatic N) is 2. The second-order valence-corrected chi connectivity index (χ2v) is 18.5. The van der Waals surface area contributed by atoms with Crippen LogP contribution in [0.5, 0.6) is 0 Å². The number of aryl methyl sites for hydroxylation is 2. The van der Waals surface area contributed by atoms with Crippen LogP contribution in [0.2, 0.25) is 0 Å². The molecule has 0 atom stereocenters. The second-order valence-electron chi connectivity index (χ2n) is 12.6. The molecule has 228 valence electrons. The summed E-state index contributed by atoms with van der Waals surface area (Å²) in [6.45, 7) is 0. The van der Waals surface area contributed by atoms with Crippen molar-refractivity contribution in [2.24, 2.45) is 0 Å². The molecule has 4 aliphatic carbocycles. The summed E-state index contributed by atoms with van der Waals surface area (Å²) in [5.41, 5.74) is 4.86. The molecule has 2 aromatic heterocycles. The fourth-order valence-corrected chi connectivity index (χ4v) is 16.5. The molecule has 4 aromatic rings. The third-order valence-corrected chi connectivity index (χ3v) is 18.2. The van der Waals surface area contributed by atoms with Crippen molar-refractivity contribution in [3.63, 3.8) is 0 Å². The molecule has 8 rings (SSSR count). The van der Waals surface area contributed by atoms with Crippen molar-refractivity contribution in [3.8, 4) is 11.4 Å². The molecule has 2 heterocycles. The SMILES string of the molecule is Fc1ccc(-n2ccc3c2CCCC3)c(F)[c]1[Ti]([C]1=CC=CC1)([C]1=CC=CC1)[c]1c(F)ccc(-n2ccc3c2CCCC3)c1F. The van der Waals surface area contributed by atoms with E-state index in [1.807, 2.05) is 70.1 Å². The Labute approximate surface area is 264 Å². The van der Waals surface area contributed by atoms with Gasteiger partial charge in [0.2, 0.25) is 0 Å². The van der Waals surface area contributed by atoms with Crippen LogP contribution in [-0.4, -0.2) is 9.13 Å². The summed E-state index contributed by atoms with van der Waals surface area (Å²) >= 11 is -4.95. The zero-order chi connectivity index (χ0) is 30.7. The van der Waals surface area contributed by atoms with Crippen LogP contribution in [0.4, 0.5) is 17.6 Å². The first kappa shape index (κ1) is 28.8. The fourth-order valence-electron chi connectivity index (χ4n) is 8.26. The number of rotatable bonds is 6. The van der Waals surface area contributed by atoms with Gasteiger partial charge >= 0.3 is 265 Å². The van der Waals surface area contributed by atoms with Gasteiger partial charge in [0.05, 0.1) is 0 Å². The number of hydrogen-bond acceptors (Lipinski definition) is 0. The van der Waals surface area contributed by atoms with Gasteiger partial charge in [-0.25, -0.2) is 0 Å². The van der Waals surface area contributed by atoms with Gasteiger partial charge in [-0.05, 0) is 0 Å². The van der Waals surface area contributed by atoms with Gasteiger partial charge in [-0.3, -0.25) is 0 Å². The summed E-state index contributed by atoms with van der Waals surface area (Å²) in [6.07, 6.45) is 23.3. The van der Waals surface area contributed by atoms with Crippen molar-refractivity contribution in [1.29, 1.82) is 0 Å². The first-order chi connectivity index (χ1) is 22.0. The molecule has 7 heteroatoms. The molecule has 0 amide bonds. The van der Waals surface area contributed by atoms with E-state index in [1.165, 1.54) is 35.4 Å². The van der Waals surface area contributed by atoms with E-state index in [0.717, 1.165) is 70.5 Å². The Balaban J connectivity index is 1.44. The van der Waals surface area contributed by atoms with Crippen molar-refractivity contribution in [1.82, 2.24) is 9.13 Å². The zero-order valence-electron chi connectivity index (χ0n) is 25.1. The van der Waals surface area contributed by atoms with Crippen molar-refractivity contribution in [3.05, 3.63) is 139 Å². The Kier molecular flexibility index (Phi) is 7.26. The van der Waals surface area contributed by atoms with Crippen LogP contribution in [0, 0.1) is 23.3 Å². The van der Waals surface area contributed by atoms with E-state index in [0.29, 0.717) is 12.8 Å². The number of halogens is 4. The molecule has 0 fully saturated rings. The summed E-state index contributed by atoms with van der Waals surface area (Å²) in [6, 6.07) is 9.59. The Hall–Kier alpha value is -3.61. The number of aromatic nitrogens is 2. The summed E-state index contributed by atoms with van der Waals surface area (Å²) < 4.78 is 72.9. The maximum absolute atomic E-state index is 17.5. The number of fused-ring (bicyclic) bond motifs is 2. The predicted octanol–water partition coefficient (Wildman–Crippen LogP) is 8.37. The van der Waals surface area contributed by atoms with Crippen molar-refractivity contribution in [2.45, 2.75) is 64.2 Å². The Bertz CT molecular complexity index is 1830. The molecule has 0 N–H and O–H groups in total. The zero-order valence-corrected chi connectivity index (χ0v) is 26.6. The van der Waals surface area contributed by atoms with Gasteiger partial charge in [-0.2, -0.15) is 0 Å². The minimum atomic E-state index is -4.95. The van der Waals surface area contributed by atoms with E-state index < -0.39 is 39.9 Å². The first-order valence-electron chi connectivity index (χ1n) is 16.1. The molecular weight excluding hydrogens is 608 g/mol. The molecule has 2 aromatic carbocycles. The molecule has 0 aliphatic heterocycles. The van der Waals surface area contributed by atoms with E-state index in [1.54, 1.807) is 0 Å². The average Bonchev–Trinajstić information content (AvgIpc) is 3.88. The van der Waals surface area contributed by atoms with Crippen LogP contribution in [0.3, 0.4) is 0 Å². The molecule has 0 bridgehead atoms. The monoisotopic (exact) mass is 642 g/mol. The maximum atomic E-state index is 17.5. The van der Waals surface area contributed by atoms with Gasteiger partial charge in [0.1, 0.15) is 0 Å². The van der Waals surface area contributed by atoms with E-state index in [4.69, 9.17) is 0 Å². The molecule has 0 spiro atoms. The fraction of sp³-hybridized carbons (Fsp3) is 0.263. The van der Waals surface area contributed by atoms with E-state index >= 15 is 17.6 Å². The summed E-state index contributed by atoms with van der Waals surface area (Å²) in [4.78, 5) is 0. The first-order valence-corrected chi connectivity index (χ1v) is 19.2. The van der Waals surface area contributed by atoms with Gasteiger partial charge in [-0.15, -0.1) is 0 Å². The Morgan fingerprint density at radius 1 is 0.533 bits per heavy atom. The molecule has 0 unspecified atom stereocenters. The Morgan fingerprint density at radius 3 is 1.40 bits per heavy atom. The van der Waals surface area contributed by atoms with Crippen LogP contribution >= 0.6 is 0 Å². The standard InChI is InChI=1S/2C14H12F2N.2C5H5.Ti/c2*15-11-5-6-14(12(16)9-11)17-8-7-10-3-1-2-4-13(10)17;2*1-2-4-5-3-1;/h2*5-8H,1-4H2;2*1-3H,4H2;. The van der Waals surface area contributed by atoms with Crippen LogP contribution in [0.15, 0.2) is 93.0 Å². The molecular formula is C38H34F4N2Ti. The van der Waals surface area contributed by atoms with Gasteiger partial charge in [0.15, 0.2) is 0 Å². The molecule has 2 nitrogen and oxygen atoms in total. The quantitative estimate of drug-likeness (QED) is 0.148. The normalized spacial score (nSPS) is 17.4. The van der Waals surface area contributed by atoms with Crippen LogP contribution < -0.4 is 7.74 Å². The van der Waals surface area contributed by atoms with E-state index in [9.17, 15) is 0 Å². The molecule has 0 radical (unpaired) electrons. The van der Waals surface area contributed by atoms with Crippen molar-refractivity contribution in [2.75, 3.05) is 0 Å². The summed E-state index contributed by atoms with van der Waals surface area (Å²) in [5.74, 6) is -2.94. The molecule has 45 heavy (non-hydrogen) atoms. The average molecular weight is 643 g/mol. The van der Waals surface area contributed by atoms with Crippen LogP contribution in [-0.2, 0) is 42.3 Å². The summed E-state index contributed by atoms with van der Waals surface area (Å²) in [5, 5.41) is 0. The van der Waals surface area contributed by atoms with Gasteiger partial charge < -0.3 is 0 Å². The predicted molar refractivity (Wildman–Crippen MR) is 168 cm³/mol. The molecule has 4 aliphatic rings. The summed E-state index contributed by atoms with van der Waals surface area (Å²) in [7, 11) is 0. The van der Waals surface area contributed by atoms with E-state index in [2.05, 4.69) is 0 Å². The van der Waals surface area contributed by atoms with Gasteiger partial charge in [0, 0.05) is 0 Å². The third kappa shape index (κ3) is 4.40. The van der Waals surface area contributed by atoms with Crippen molar-refractivity contribution < 1.29 is 34.2 Å². The van der Waals surface area contributed by atoms with Crippen LogP contribution in [0.1, 0.15) is 61.0 Å². The third-order valence-electron chi connectivity index (χ3n) is 10.3. The van der Waals surface area contributed by atoms with Crippen LogP contribution in [0.25, 0.3) is 11.4 Å². The molecule has 0 saturated heterocycles. The van der Waals surface area contributed by atoms with Crippen molar-refractivity contribution >= 4 is 7.74 Å². The minimum absolute atomic E-state index is 0.153. The topological polar surface area (TPSA) is 9.86 Å². The van der Waals surface area contributed by atoms with Gasteiger partial charge in [0.25, 0.3) is 0 Å². The number of hydrogen-bond donors (Lipinski definition) is 0. The van der Waals surface area contributed by atoms with E-state index in [-0.39, 0.29) is 19.1 Å². The number of benzene rings is 2. The molecule has 0 saturated carbocycles.